The van der Waals surface area contributed by atoms with E-state index in [0.717, 1.165) is 5.56 Å². The fourth-order valence-corrected chi connectivity index (χ4v) is 2.47. The summed E-state index contributed by atoms with van der Waals surface area (Å²) in [5, 5.41) is 3.97. The van der Waals surface area contributed by atoms with Crippen LogP contribution in [-0.4, -0.2) is 13.0 Å². The van der Waals surface area contributed by atoms with Gasteiger partial charge >= 0.3 is 0 Å². The van der Waals surface area contributed by atoms with Gasteiger partial charge in [0.1, 0.15) is 0 Å². The third-order valence-electron chi connectivity index (χ3n) is 2.61. The van der Waals surface area contributed by atoms with E-state index in [-0.39, 0.29) is 4.90 Å². The van der Waals surface area contributed by atoms with Gasteiger partial charge in [-0.05, 0) is 35.9 Å². The van der Waals surface area contributed by atoms with E-state index in [4.69, 9.17) is 27.8 Å². The average Bonchev–Trinajstić information content (AvgIpc) is 2.39. The van der Waals surface area contributed by atoms with Crippen LogP contribution in [0, 0.1) is 0 Å². The molecule has 0 atom stereocenters. The van der Waals surface area contributed by atoms with Crippen molar-refractivity contribution < 1.29 is 13.0 Å². The van der Waals surface area contributed by atoms with Crippen molar-refractivity contribution in [2.45, 2.75) is 11.4 Å². The maximum absolute atomic E-state index is 11.0. The molecule has 0 aromatic heterocycles. The molecule has 2 aromatic rings. The molecule has 0 saturated heterocycles. The number of nitrogens with one attached hydrogen (secondary N) is 1. The third-order valence-corrected chi connectivity index (χ3v) is 4.20. The Kier molecular flexibility index (Phi) is 4.55. The van der Waals surface area contributed by atoms with Crippen molar-refractivity contribution in [3.05, 3.63) is 58.1 Å². The molecule has 0 radical (unpaired) electrons. The van der Waals surface area contributed by atoms with E-state index >= 15 is 0 Å². The van der Waals surface area contributed by atoms with E-state index in [9.17, 15) is 8.42 Å². The lowest BCUT2D eigenvalue weighted by Crippen LogP contribution is -2.02. The van der Waals surface area contributed by atoms with Gasteiger partial charge in [0.05, 0.1) is 14.9 Å². The maximum atomic E-state index is 11.0. The highest BCUT2D eigenvalue weighted by atomic mass is 35.5. The molecule has 0 aliphatic heterocycles. The second-order valence-corrected chi connectivity index (χ2v) is 6.34. The number of hydrogen-bond acceptors (Lipinski definition) is 3. The van der Waals surface area contributed by atoms with Gasteiger partial charge in [-0.2, -0.15) is 8.42 Å². The van der Waals surface area contributed by atoms with Crippen molar-refractivity contribution >= 4 is 39.0 Å². The summed E-state index contributed by atoms with van der Waals surface area (Å²) in [7, 11) is -4.20. The Bertz CT molecular complexity index is 732. The first-order chi connectivity index (χ1) is 9.36. The molecule has 2 aromatic carbocycles. The summed E-state index contributed by atoms with van der Waals surface area (Å²) in [5.41, 5.74) is 1.47. The summed E-state index contributed by atoms with van der Waals surface area (Å²) < 4.78 is 31.1. The zero-order chi connectivity index (χ0) is 14.8. The molecule has 7 heteroatoms. The Morgan fingerprint density at radius 1 is 1.05 bits per heavy atom. The molecule has 0 heterocycles. The molecular weight excluding hydrogens is 321 g/mol. The van der Waals surface area contributed by atoms with Crippen molar-refractivity contribution in [1.29, 1.82) is 0 Å². The minimum Gasteiger partial charge on any atom is -0.381 e. The van der Waals surface area contributed by atoms with Gasteiger partial charge in [-0.25, -0.2) is 0 Å². The van der Waals surface area contributed by atoms with Crippen LogP contribution in [0.4, 0.5) is 5.69 Å². The molecule has 0 saturated carbocycles. The van der Waals surface area contributed by atoms with Gasteiger partial charge in [0.15, 0.2) is 0 Å². The Morgan fingerprint density at radius 2 is 1.80 bits per heavy atom. The van der Waals surface area contributed by atoms with Crippen LogP contribution in [0.1, 0.15) is 5.56 Å². The van der Waals surface area contributed by atoms with Gasteiger partial charge in [-0.15, -0.1) is 0 Å². The number of anilines is 1. The normalized spacial score (nSPS) is 11.3. The second kappa shape index (κ2) is 6.01. The summed E-state index contributed by atoms with van der Waals surface area (Å²) in [5.74, 6) is 0. The maximum Gasteiger partial charge on any atom is 0.294 e. The van der Waals surface area contributed by atoms with E-state index in [1.165, 1.54) is 12.1 Å². The van der Waals surface area contributed by atoms with Crippen molar-refractivity contribution in [3.63, 3.8) is 0 Å². The molecule has 0 amide bonds. The van der Waals surface area contributed by atoms with E-state index in [0.29, 0.717) is 22.3 Å². The number of benzene rings is 2. The average molecular weight is 332 g/mol. The zero-order valence-corrected chi connectivity index (χ0v) is 12.5. The molecule has 2 N–H and O–H groups in total. The topological polar surface area (TPSA) is 66.4 Å². The van der Waals surface area contributed by atoms with E-state index in [1.807, 2.05) is 6.07 Å². The van der Waals surface area contributed by atoms with Crippen molar-refractivity contribution in [2.24, 2.45) is 0 Å². The highest BCUT2D eigenvalue weighted by Crippen LogP contribution is 2.23. The zero-order valence-electron chi connectivity index (χ0n) is 10.2. The Labute approximate surface area is 127 Å². The van der Waals surface area contributed by atoms with E-state index in [2.05, 4.69) is 5.32 Å². The molecule has 2 rings (SSSR count). The summed E-state index contributed by atoms with van der Waals surface area (Å²) >= 11 is 11.7. The summed E-state index contributed by atoms with van der Waals surface area (Å²) in [6.07, 6.45) is 0. The fourth-order valence-electron chi connectivity index (χ4n) is 1.62. The monoisotopic (exact) mass is 331 g/mol. The Balaban J connectivity index is 2.13. The van der Waals surface area contributed by atoms with Crippen molar-refractivity contribution in [3.8, 4) is 0 Å². The van der Waals surface area contributed by atoms with E-state index < -0.39 is 10.1 Å². The SMILES string of the molecule is O=S(=O)(O)c1cccc(NCc2ccc(Cl)c(Cl)c2)c1. The summed E-state index contributed by atoms with van der Waals surface area (Å²) in [4.78, 5) is -0.156. The van der Waals surface area contributed by atoms with Crippen molar-refractivity contribution in [2.75, 3.05) is 5.32 Å². The molecular formula is C13H11Cl2NO3S. The Hall–Kier alpha value is -1.27. The van der Waals surface area contributed by atoms with Crippen LogP contribution in [-0.2, 0) is 16.7 Å². The smallest absolute Gasteiger partial charge is 0.294 e. The van der Waals surface area contributed by atoms with Crippen LogP contribution >= 0.6 is 23.2 Å². The molecule has 106 valence electrons. The molecule has 4 nitrogen and oxygen atoms in total. The van der Waals surface area contributed by atoms with Crippen LogP contribution in [0.15, 0.2) is 47.4 Å². The molecule has 0 unspecified atom stereocenters. The molecule has 0 aliphatic rings. The lowest BCUT2D eigenvalue weighted by atomic mass is 10.2. The largest absolute Gasteiger partial charge is 0.381 e. The van der Waals surface area contributed by atoms with Crippen LogP contribution in [0.25, 0.3) is 0 Å². The first-order valence-corrected chi connectivity index (χ1v) is 7.81. The fraction of sp³-hybridized carbons (Fsp3) is 0.0769. The highest BCUT2D eigenvalue weighted by molar-refractivity contribution is 7.85. The highest BCUT2D eigenvalue weighted by Gasteiger charge is 2.09. The number of hydrogen-bond donors (Lipinski definition) is 2. The van der Waals surface area contributed by atoms with Gasteiger partial charge in [0, 0.05) is 12.2 Å². The molecule has 20 heavy (non-hydrogen) atoms. The molecule has 0 bridgehead atoms. The quantitative estimate of drug-likeness (QED) is 0.835. The van der Waals surface area contributed by atoms with Gasteiger partial charge in [-0.3, -0.25) is 4.55 Å². The lowest BCUT2D eigenvalue weighted by molar-refractivity contribution is 0.483. The Morgan fingerprint density at radius 3 is 2.45 bits per heavy atom. The summed E-state index contributed by atoms with van der Waals surface area (Å²) in [6.45, 7) is 0.450. The predicted molar refractivity (Wildman–Crippen MR) is 80.0 cm³/mol. The van der Waals surface area contributed by atoms with Gasteiger partial charge in [0.2, 0.25) is 0 Å². The first-order valence-electron chi connectivity index (χ1n) is 5.61. The van der Waals surface area contributed by atoms with Crippen LogP contribution in [0.2, 0.25) is 10.0 Å². The second-order valence-electron chi connectivity index (χ2n) is 4.10. The first kappa shape index (κ1) is 15.1. The van der Waals surface area contributed by atoms with Gasteiger partial charge in [0.25, 0.3) is 10.1 Å². The van der Waals surface area contributed by atoms with Gasteiger partial charge in [-0.1, -0.05) is 35.3 Å². The minimum absolute atomic E-state index is 0.156. The lowest BCUT2D eigenvalue weighted by Gasteiger charge is -2.08. The third kappa shape index (κ3) is 3.86. The van der Waals surface area contributed by atoms with Crippen LogP contribution in [0.5, 0.6) is 0 Å². The molecule has 0 fully saturated rings. The van der Waals surface area contributed by atoms with E-state index in [1.54, 1.807) is 24.3 Å². The van der Waals surface area contributed by atoms with Gasteiger partial charge < -0.3 is 5.32 Å². The number of rotatable bonds is 4. The van der Waals surface area contributed by atoms with Crippen molar-refractivity contribution in [1.82, 2.24) is 0 Å². The van der Waals surface area contributed by atoms with Crippen LogP contribution in [0.3, 0.4) is 0 Å². The molecule has 0 spiro atoms. The number of halogens is 2. The minimum atomic E-state index is -4.20. The molecule has 0 aliphatic carbocycles. The summed E-state index contributed by atoms with van der Waals surface area (Å²) in [6, 6.07) is 11.1. The predicted octanol–water partition coefficient (Wildman–Crippen LogP) is 3.85. The standard InChI is InChI=1S/C13H11Cl2NO3S/c14-12-5-4-9(6-13(12)15)8-16-10-2-1-3-11(7-10)20(17,18)19/h1-7,16H,8H2,(H,17,18,19). The van der Waals surface area contributed by atoms with Crippen LogP contribution < -0.4 is 5.32 Å².